The molecule has 0 aliphatic carbocycles. The molecule has 0 aromatic heterocycles. The van der Waals surface area contributed by atoms with Crippen molar-refractivity contribution in [2.75, 3.05) is 13.1 Å². The average Bonchev–Trinajstić information content (AvgIpc) is 2.25. The lowest BCUT2D eigenvalue weighted by Gasteiger charge is -2.27. The van der Waals surface area contributed by atoms with Gasteiger partial charge in [0.1, 0.15) is 11.4 Å². The number of aryl methyl sites for hydroxylation is 1. The summed E-state index contributed by atoms with van der Waals surface area (Å²) in [5.74, 6) is 1.51. The zero-order chi connectivity index (χ0) is 13.8. The molecule has 1 N–H and O–H groups in total. The summed E-state index contributed by atoms with van der Waals surface area (Å²) < 4.78 is 6.11. The van der Waals surface area contributed by atoms with Crippen LogP contribution in [0.3, 0.4) is 0 Å². The summed E-state index contributed by atoms with van der Waals surface area (Å²) in [6.07, 6.45) is 0. The van der Waals surface area contributed by atoms with Crippen molar-refractivity contribution >= 4 is 0 Å². The van der Waals surface area contributed by atoms with Crippen molar-refractivity contribution < 1.29 is 4.74 Å². The van der Waals surface area contributed by atoms with Crippen molar-refractivity contribution in [3.8, 4) is 5.75 Å². The maximum atomic E-state index is 6.11. The molecule has 0 saturated heterocycles. The van der Waals surface area contributed by atoms with E-state index in [0.29, 0.717) is 5.92 Å². The smallest absolute Gasteiger partial charge is 0.120 e. The van der Waals surface area contributed by atoms with Gasteiger partial charge in [0.25, 0.3) is 0 Å². The van der Waals surface area contributed by atoms with E-state index in [1.807, 2.05) is 0 Å². The maximum Gasteiger partial charge on any atom is 0.120 e. The van der Waals surface area contributed by atoms with Crippen LogP contribution >= 0.6 is 0 Å². The number of nitrogens with one attached hydrogen (secondary N) is 1. The minimum atomic E-state index is -0.182. The highest BCUT2D eigenvalue weighted by Crippen LogP contribution is 2.25. The Kier molecular flexibility index (Phi) is 5.21. The second-order valence-electron chi connectivity index (χ2n) is 5.88. The molecule has 0 unspecified atom stereocenters. The monoisotopic (exact) mass is 249 g/mol. The van der Waals surface area contributed by atoms with Gasteiger partial charge in [-0.1, -0.05) is 26.8 Å². The number of rotatable bonds is 6. The Morgan fingerprint density at radius 1 is 1.22 bits per heavy atom. The average molecular weight is 249 g/mol. The van der Waals surface area contributed by atoms with Crippen LogP contribution in [0.5, 0.6) is 5.75 Å². The van der Waals surface area contributed by atoms with E-state index in [2.05, 4.69) is 65.1 Å². The van der Waals surface area contributed by atoms with E-state index in [1.54, 1.807) is 0 Å². The standard InChI is InChI=1S/C16H27NO/c1-7-17-11-16(5,6)18-15-9-13(4)8-14(10-15)12(2)3/h8-10,12,17H,7,11H2,1-6H3. The second-order valence-corrected chi connectivity index (χ2v) is 5.88. The topological polar surface area (TPSA) is 21.3 Å². The first-order valence-corrected chi connectivity index (χ1v) is 6.85. The van der Waals surface area contributed by atoms with E-state index in [4.69, 9.17) is 4.74 Å². The van der Waals surface area contributed by atoms with Crippen LogP contribution in [0.15, 0.2) is 18.2 Å². The van der Waals surface area contributed by atoms with Crippen LogP contribution in [0.2, 0.25) is 0 Å². The quantitative estimate of drug-likeness (QED) is 0.826. The molecule has 102 valence electrons. The van der Waals surface area contributed by atoms with Crippen LogP contribution in [-0.2, 0) is 0 Å². The van der Waals surface area contributed by atoms with Gasteiger partial charge in [0.15, 0.2) is 0 Å². The Hall–Kier alpha value is -1.02. The van der Waals surface area contributed by atoms with Gasteiger partial charge in [-0.15, -0.1) is 0 Å². The molecule has 0 fully saturated rings. The highest BCUT2D eigenvalue weighted by molar-refractivity contribution is 5.35. The molecule has 0 radical (unpaired) electrons. The van der Waals surface area contributed by atoms with Gasteiger partial charge < -0.3 is 10.1 Å². The first kappa shape index (κ1) is 15.0. The lowest BCUT2D eigenvalue weighted by Crippen LogP contribution is -2.40. The van der Waals surface area contributed by atoms with E-state index >= 15 is 0 Å². The lowest BCUT2D eigenvalue weighted by atomic mass is 10.0. The van der Waals surface area contributed by atoms with Gasteiger partial charge in [-0.25, -0.2) is 0 Å². The number of ether oxygens (including phenoxy) is 1. The van der Waals surface area contributed by atoms with Crippen molar-refractivity contribution in [3.05, 3.63) is 29.3 Å². The summed E-state index contributed by atoms with van der Waals surface area (Å²) in [6.45, 7) is 14.7. The van der Waals surface area contributed by atoms with Gasteiger partial charge in [0.05, 0.1) is 0 Å². The van der Waals surface area contributed by atoms with Crippen molar-refractivity contribution in [1.29, 1.82) is 0 Å². The summed E-state index contributed by atoms with van der Waals surface area (Å²) in [5, 5.41) is 3.34. The fraction of sp³-hybridized carbons (Fsp3) is 0.625. The molecule has 18 heavy (non-hydrogen) atoms. The van der Waals surface area contributed by atoms with Crippen LogP contribution < -0.4 is 10.1 Å². The van der Waals surface area contributed by atoms with Gasteiger partial charge in [0, 0.05) is 6.54 Å². The van der Waals surface area contributed by atoms with Crippen molar-refractivity contribution in [1.82, 2.24) is 5.32 Å². The van der Waals surface area contributed by atoms with Crippen LogP contribution in [0, 0.1) is 6.92 Å². The fourth-order valence-electron chi connectivity index (χ4n) is 1.95. The molecule has 1 aromatic rings. The number of benzene rings is 1. The molecule has 0 spiro atoms. The zero-order valence-electron chi connectivity index (χ0n) is 12.6. The van der Waals surface area contributed by atoms with Crippen LogP contribution in [0.4, 0.5) is 0 Å². The molecule has 0 saturated carbocycles. The Bertz CT molecular complexity index is 383. The van der Waals surface area contributed by atoms with Gasteiger partial charge in [-0.3, -0.25) is 0 Å². The Morgan fingerprint density at radius 3 is 2.44 bits per heavy atom. The molecule has 0 heterocycles. The molecule has 2 heteroatoms. The SMILES string of the molecule is CCNCC(C)(C)Oc1cc(C)cc(C(C)C)c1. The molecule has 1 rings (SSSR count). The van der Waals surface area contributed by atoms with Gasteiger partial charge >= 0.3 is 0 Å². The summed E-state index contributed by atoms with van der Waals surface area (Å²) in [5.41, 5.74) is 2.41. The summed E-state index contributed by atoms with van der Waals surface area (Å²) >= 11 is 0. The van der Waals surface area contributed by atoms with Gasteiger partial charge in [-0.05, 0) is 56.5 Å². The van der Waals surface area contributed by atoms with E-state index in [-0.39, 0.29) is 5.60 Å². The van der Waals surface area contributed by atoms with Crippen LogP contribution in [0.25, 0.3) is 0 Å². The Balaban J connectivity index is 2.83. The largest absolute Gasteiger partial charge is 0.487 e. The molecule has 0 bridgehead atoms. The van der Waals surface area contributed by atoms with Crippen molar-refractivity contribution in [3.63, 3.8) is 0 Å². The van der Waals surface area contributed by atoms with Gasteiger partial charge in [-0.2, -0.15) is 0 Å². The summed E-state index contributed by atoms with van der Waals surface area (Å²) in [7, 11) is 0. The number of hydrogen-bond donors (Lipinski definition) is 1. The first-order valence-electron chi connectivity index (χ1n) is 6.85. The molecular formula is C16H27NO. The molecule has 2 nitrogen and oxygen atoms in total. The van der Waals surface area contributed by atoms with E-state index < -0.39 is 0 Å². The normalized spacial score (nSPS) is 11.9. The predicted molar refractivity (Wildman–Crippen MR) is 78.5 cm³/mol. The summed E-state index contributed by atoms with van der Waals surface area (Å²) in [6, 6.07) is 6.50. The molecule has 0 aliphatic heterocycles. The van der Waals surface area contributed by atoms with E-state index in [9.17, 15) is 0 Å². The van der Waals surface area contributed by atoms with Crippen LogP contribution in [-0.4, -0.2) is 18.7 Å². The maximum absolute atomic E-state index is 6.11. The predicted octanol–water partition coefficient (Wildman–Crippen LogP) is 3.89. The van der Waals surface area contributed by atoms with Crippen molar-refractivity contribution in [2.45, 2.75) is 53.1 Å². The fourth-order valence-corrected chi connectivity index (χ4v) is 1.95. The molecule has 1 aromatic carbocycles. The third-order valence-corrected chi connectivity index (χ3v) is 2.93. The van der Waals surface area contributed by atoms with Crippen molar-refractivity contribution in [2.24, 2.45) is 0 Å². The minimum absolute atomic E-state index is 0.182. The van der Waals surface area contributed by atoms with Crippen LogP contribution in [0.1, 0.15) is 51.7 Å². The third kappa shape index (κ3) is 4.69. The van der Waals surface area contributed by atoms with Gasteiger partial charge in [0.2, 0.25) is 0 Å². The third-order valence-electron chi connectivity index (χ3n) is 2.93. The first-order chi connectivity index (χ1) is 8.34. The molecule has 0 aliphatic rings. The zero-order valence-corrected chi connectivity index (χ0v) is 12.6. The lowest BCUT2D eigenvalue weighted by molar-refractivity contribution is 0.108. The highest BCUT2D eigenvalue weighted by atomic mass is 16.5. The number of likely N-dealkylation sites (N-methyl/N-ethyl adjacent to an activating group) is 1. The minimum Gasteiger partial charge on any atom is -0.487 e. The molecule has 0 atom stereocenters. The second kappa shape index (κ2) is 6.24. The van der Waals surface area contributed by atoms with E-state index in [1.165, 1.54) is 11.1 Å². The van der Waals surface area contributed by atoms with E-state index in [0.717, 1.165) is 18.8 Å². The Labute approximate surface area is 112 Å². The Morgan fingerprint density at radius 2 is 1.89 bits per heavy atom. The number of hydrogen-bond acceptors (Lipinski definition) is 2. The molecular weight excluding hydrogens is 222 g/mol. The summed E-state index contributed by atoms with van der Waals surface area (Å²) in [4.78, 5) is 0. The highest BCUT2D eigenvalue weighted by Gasteiger charge is 2.19. The molecule has 0 amide bonds.